The van der Waals surface area contributed by atoms with Crippen molar-refractivity contribution in [2.75, 3.05) is 19.8 Å². The lowest BCUT2D eigenvalue weighted by Crippen LogP contribution is -2.62. The zero-order valence-corrected chi connectivity index (χ0v) is 18.1. The van der Waals surface area contributed by atoms with Crippen LogP contribution in [0.2, 0.25) is 0 Å². The number of alkyl halides is 2. The molecule has 2 aliphatic rings. The summed E-state index contributed by atoms with van der Waals surface area (Å²) in [6, 6.07) is 13.8. The highest BCUT2D eigenvalue weighted by atomic mass is 19.3. The summed E-state index contributed by atoms with van der Waals surface area (Å²) in [5.74, 6) is -2.69. The molecule has 2 aromatic carbocycles. The van der Waals surface area contributed by atoms with Gasteiger partial charge in [0, 0.05) is 25.4 Å². The van der Waals surface area contributed by atoms with Crippen molar-refractivity contribution in [3.63, 3.8) is 0 Å². The van der Waals surface area contributed by atoms with Gasteiger partial charge in [0.1, 0.15) is 18.2 Å². The van der Waals surface area contributed by atoms with Crippen molar-refractivity contribution < 1.29 is 37.7 Å². The molecule has 2 atom stereocenters. The highest BCUT2D eigenvalue weighted by Gasteiger charge is 2.46. The minimum atomic E-state index is -2.92. The molecule has 1 heterocycles. The molecule has 1 aliphatic carbocycles. The van der Waals surface area contributed by atoms with Crippen LogP contribution in [-0.2, 0) is 19.1 Å². The number of ether oxygens (including phenoxy) is 2. The van der Waals surface area contributed by atoms with Gasteiger partial charge in [-0.2, -0.15) is 0 Å². The van der Waals surface area contributed by atoms with E-state index in [2.05, 4.69) is 10.6 Å². The van der Waals surface area contributed by atoms with Gasteiger partial charge in [-0.05, 0) is 22.3 Å². The Kier molecular flexibility index (Phi) is 6.78. The Bertz CT molecular complexity index is 1040. The van der Waals surface area contributed by atoms with Crippen LogP contribution in [0.3, 0.4) is 0 Å². The number of hydrogen-bond acceptors (Lipinski definition) is 5. The third kappa shape index (κ3) is 4.72. The molecular formula is C24H24F2N2O6. The lowest BCUT2D eigenvalue weighted by atomic mass is 9.96. The summed E-state index contributed by atoms with van der Waals surface area (Å²) in [7, 11) is 0. The second-order valence-corrected chi connectivity index (χ2v) is 8.33. The number of nitrogens with one attached hydrogen (secondary N) is 2. The van der Waals surface area contributed by atoms with E-state index >= 15 is 0 Å². The number of carboxylic acids is 1. The average Bonchev–Trinajstić information content (AvgIpc) is 3.40. The van der Waals surface area contributed by atoms with Crippen LogP contribution in [-0.4, -0.2) is 60.9 Å². The van der Waals surface area contributed by atoms with E-state index in [0.29, 0.717) is 0 Å². The second kappa shape index (κ2) is 9.76. The van der Waals surface area contributed by atoms with Crippen LogP contribution in [0.15, 0.2) is 48.5 Å². The number of carbonyl (C=O) groups is 3. The van der Waals surface area contributed by atoms with Gasteiger partial charge < -0.3 is 25.2 Å². The normalized spacial score (nSPS) is 19.9. The van der Waals surface area contributed by atoms with Gasteiger partial charge in [0.2, 0.25) is 12.3 Å². The Morgan fingerprint density at radius 1 is 1.09 bits per heavy atom. The van der Waals surface area contributed by atoms with E-state index < -0.39 is 42.4 Å². The molecule has 3 N–H and O–H groups in total. The number of rotatable bonds is 8. The maximum Gasteiger partial charge on any atom is 0.408 e. The van der Waals surface area contributed by atoms with Gasteiger partial charge in [0.15, 0.2) is 0 Å². The largest absolute Gasteiger partial charge is 0.480 e. The first-order valence-electron chi connectivity index (χ1n) is 10.8. The van der Waals surface area contributed by atoms with Gasteiger partial charge in [0.25, 0.3) is 0 Å². The Morgan fingerprint density at radius 2 is 1.71 bits per heavy atom. The molecule has 10 heteroatoms. The summed E-state index contributed by atoms with van der Waals surface area (Å²) in [4.78, 5) is 36.8. The van der Waals surface area contributed by atoms with Crippen LogP contribution in [0.1, 0.15) is 29.9 Å². The summed E-state index contributed by atoms with van der Waals surface area (Å²) < 4.78 is 36.1. The first kappa shape index (κ1) is 23.6. The first-order valence-corrected chi connectivity index (χ1v) is 10.8. The van der Waals surface area contributed by atoms with Gasteiger partial charge in [0.05, 0.1) is 6.61 Å². The van der Waals surface area contributed by atoms with E-state index in [0.717, 1.165) is 22.3 Å². The predicted octanol–water partition coefficient (Wildman–Crippen LogP) is 2.91. The Labute approximate surface area is 194 Å². The molecule has 4 rings (SSSR count). The van der Waals surface area contributed by atoms with Crippen molar-refractivity contribution in [2.24, 2.45) is 0 Å². The quantitative estimate of drug-likeness (QED) is 0.542. The van der Waals surface area contributed by atoms with Crippen molar-refractivity contribution in [3.8, 4) is 11.1 Å². The number of alkyl carbamates (subject to hydrolysis) is 1. The Morgan fingerprint density at radius 3 is 2.24 bits per heavy atom. The molecule has 0 radical (unpaired) electrons. The molecule has 0 bridgehead atoms. The summed E-state index contributed by atoms with van der Waals surface area (Å²) >= 11 is 0. The topological polar surface area (TPSA) is 114 Å². The summed E-state index contributed by atoms with van der Waals surface area (Å²) in [6.45, 7) is -0.0880. The van der Waals surface area contributed by atoms with E-state index in [1.54, 1.807) is 0 Å². The minimum Gasteiger partial charge on any atom is -0.480 e. The molecule has 0 spiro atoms. The molecule has 0 aromatic heterocycles. The highest BCUT2D eigenvalue weighted by Crippen LogP contribution is 2.44. The Balaban J connectivity index is 1.44. The number of carboxylic acid groups (broad SMARTS) is 1. The number of amides is 2. The minimum absolute atomic E-state index is 0.0154. The van der Waals surface area contributed by atoms with Crippen molar-refractivity contribution >= 4 is 18.0 Å². The van der Waals surface area contributed by atoms with Gasteiger partial charge in [-0.15, -0.1) is 0 Å². The first-order chi connectivity index (χ1) is 16.3. The van der Waals surface area contributed by atoms with Crippen LogP contribution >= 0.6 is 0 Å². The molecule has 180 valence electrons. The summed E-state index contributed by atoms with van der Waals surface area (Å²) in [5.41, 5.74) is 2.55. The van der Waals surface area contributed by atoms with Crippen molar-refractivity contribution in [2.45, 2.75) is 36.8 Å². The number of fused-ring (bicyclic) bond motifs is 3. The molecule has 1 saturated heterocycles. The Hall–Kier alpha value is -3.53. The van der Waals surface area contributed by atoms with Crippen molar-refractivity contribution in [1.82, 2.24) is 10.6 Å². The fraction of sp³-hybridized carbons (Fsp3) is 0.375. The monoisotopic (exact) mass is 474 g/mol. The van der Waals surface area contributed by atoms with Crippen LogP contribution in [0.25, 0.3) is 11.1 Å². The number of hydrogen-bond donors (Lipinski definition) is 3. The molecule has 0 saturated carbocycles. The zero-order valence-electron chi connectivity index (χ0n) is 18.1. The molecular weight excluding hydrogens is 450 g/mol. The third-order valence-corrected chi connectivity index (χ3v) is 6.16. The summed E-state index contributed by atoms with van der Waals surface area (Å²) in [6.07, 6.45) is -4.82. The lowest BCUT2D eigenvalue weighted by molar-refractivity contribution is -0.144. The van der Waals surface area contributed by atoms with Gasteiger partial charge in [-0.1, -0.05) is 48.5 Å². The summed E-state index contributed by atoms with van der Waals surface area (Å²) in [5, 5.41) is 13.7. The molecule has 8 nitrogen and oxygen atoms in total. The van der Waals surface area contributed by atoms with Gasteiger partial charge in [-0.3, -0.25) is 4.79 Å². The molecule has 1 aliphatic heterocycles. The van der Waals surface area contributed by atoms with Gasteiger partial charge >= 0.3 is 12.1 Å². The van der Waals surface area contributed by atoms with Crippen LogP contribution in [0.5, 0.6) is 0 Å². The third-order valence-electron chi connectivity index (χ3n) is 6.16. The SMILES string of the molecule is O=C(NC1(C(=O)NC(CC(F)F)C(=O)O)CCOC1)OCC1c2ccccc2-c2ccccc21. The molecule has 34 heavy (non-hydrogen) atoms. The zero-order chi connectivity index (χ0) is 24.3. The maximum absolute atomic E-state index is 12.8. The lowest BCUT2D eigenvalue weighted by Gasteiger charge is -2.29. The van der Waals surface area contributed by atoms with Crippen molar-refractivity contribution in [3.05, 3.63) is 59.7 Å². The standard InChI is InChI=1S/C24H24F2N2O6/c25-20(26)11-19(21(29)30)27-22(31)24(9-10-33-13-24)28-23(32)34-12-18-16-7-3-1-5-14(16)15-6-2-4-8-17(15)18/h1-8,18-20H,9-13H2,(H,27,31)(H,28,32)(H,29,30). The fourth-order valence-electron chi connectivity index (χ4n) is 4.43. The number of carbonyl (C=O) groups excluding carboxylic acids is 2. The average molecular weight is 474 g/mol. The number of benzene rings is 2. The second-order valence-electron chi connectivity index (χ2n) is 8.33. The van der Waals surface area contributed by atoms with E-state index in [9.17, 15) is 23.2 Å². The van der Waals surface area contributed by atoms with E-state index in [1.807, 2.05) is 48.5 Å². The van der Waals surface area contributed by atoms with E-state index in [4.69, 9.17) is 14.6 Å². The number of halogens is 2. The molecule has 2 amide bonds. The smallest absolute Gasteiger partial charge is 0.408 e. The van der Waals surface area contributed by atoms with Crippen LogP contribution in [0, 0.1) is 0 Å². The maximum atomic E-state index is 12.8. The van der Waals surface area contributed by atoms with E-state index in [-0.39, 0.29) is 32.2 Å². The van der Waals surface area contributed by atoms with Crippen LogP contribution in [0.4, 0.5) is 13.6 Å². The van der Waals surface area contributed by atoms with Crippen molar-refractivity contribution in [1.29, 1.82) is 0 Å². The van der Waals surface area contributed by atoms with Crippen LogP contribution < -0.4 is 10.6 Å². The highest BCUT2D eigenvalue weighted by molar-refractivity contribution is 5.93. The van der Waals surface area contributed by atoms with E-state index in [1.165, 1.54) is 0 Å². The fourth-order valence-corrected chi connectivity index (χ4v) is 4.43. The molecule has 2 aromatic rings. The predicted molar refractivity (Wildman–Crippen MR) is 117 cm³/mol. The number of aliphatic carboxylic acids is 1. The molecule has 1 fully saturated rings. The molecule has 2 unspecified atom stereocenters. The van der Waals surface area contributed by atoms with Gasteiger partial charge in [-0.25, -0.2) is 18.4 Å².